The predicted octanol–water partition coefficient (Wildman–Crippen LogP) is 3.14. The molecule has 154 valence electrons. The molecule has 2 aromatic rings. The molecule has 2 amide bonds. The summed E-state index contributed by atoms with van der Waals surface area (Å²) >= 11 is 3.50. The number of amides is 2. The molecule has 2 rings (SSSR count). The van der Waals surface area contributed by atoms with Crippen molar-refractivity contribution in [2.45, 2.75) is 54.6 Å². The van der Waals surface area contributed by atoms with Crippen molar-refractivity contribution >= 4 is 33.4 Å². The monoisotopic (exact) mass is 452 g/mol. The zero-order valence-corrected chi connectivity index (χ0v) is 18.9. The van der Waals surface area contributed by atoms with Gasteiger partial charge in [0.25, 0.3) is 5.91 Å². The molecular formula is C19H29BrN6O2. The Morgan fingerprint density at radius 2 is 1.89 bits per heavy atom. The maximum atomic E-state index is 12.7. The molecule has 9 heteroatoms. The predicted molar refractivity (Wildman–Crippen MR) is 112 cm³/mol. The maximum absolute atomic E-state index is 12.7. The molecule has 0 saturated carbocycles. The van der Waals surface area contributed by atoms with E-state index in [1.165, 1.54) is 0 Å². The minimum absolute atomic E-state index is 0.183. The van der Waals surface area contributed by atoms with Crippen molar-refractivity contribution in [1.82, 2.24) is 24.9 Å². The fourth-order valence-electron chi connectivity index (χ4n) is 2.67. The lowest BCUT2D eigenvalue weighted by Crippen LogP contribution is -2.30. The Bertz CT molecular complexity index is 855. The smallest absolute Gasteiger partial charge is 0.273 e. The number of aryl methyl sites for hydroxylation is 2. The maximum Gasteiger partial charge on any atom is 0.273 e. The lowest BCUT2D eigenvalue weighted by atomic mass is 10.1. The Kier molecular flexibility index (Phi) is 7.40. The van der Waals surface area contributed by atoms with Crippen molar-refractivity contribution in [2.75, 3.05) is 11.9 Å². The zero-order chi connectivity index (χ0) is 21.0. The van der Waals surface area contributed by atoms with Crippen molar-refractivity contribution in [3.8, 4) is 0 Å². The summed E-state index contributed by atoms with van der Waals surface area (Å²) in [6.07, 6.45) is 1.69. The molecule has 2 heterocycles. The van der Waals surface area contributed by atoms with E-state index in [9.17, 15) is 9.59 Å². The van der Waals surface area contributed by atoms with Crippen LogP contribution >= 0.6 is 15.9 Å². The highest BCUT2D eigenvalue weighted by molar-refractivity contribution is 9.10. The number of rotatable bonds is 8. The van der Waals surface area contributed by atoms with Gasteiger partial charge in [0.15, 0.2) is 5.69 Å². The van der Waals surface area contributed by atoms with Crippen LogP contribution in [0.4, 0.5) is 5.69 Å². The van der Waals surface area contributed by atoms with Crippen LogP contribution in [-0.2, 0) is 17.9 Å². The van der Waals surface area contributed by atoms with Gasteiger partial charge in [-0.05, 0) is 42.6 Å². The number of hydrogen-bond acceptors (Lipinski definition) is 4. The second kappa shape index (κ2) is 9.36. The minimum atomic E-state index is -0.332. The molecule has 1 unspecified atom stereocenters. The third-order valence-corrected chi connectivity index (χ3v) is 5.56. The Hall–Kier alpha value is -2.16. The standard InChI is InChI=1S/C19H29BrN6O2/c1-7-25-10-15(17(24-25)19(28)21-8-11(2)3)22-18(27)12(4)9-26-14(6)16(20)13(5)23-26/h10-12H,7-9H2,1-6H3,(H,21,28)(H,22,27). The Balaban J connectivity index is 2.12. The summed E-state index contributed by atoms with van der Waals surface area (Å²) in [5.41, 5.74) is 2.52. The van der Waals surface area contributed by atoms with Crippen molar-refractivity contribution in [2.24, 2.45) is 11.8 Å². The second-order valence-electron chi connectivity index (χ2n) is 7.41. The van der Waals surface area contributed by atoms with Gasteiger partial charge in [0, 0.05) is 25.0 Å². The minimum Gasteiger partial charge on any atom is -0.350 e. The van der Waals surface area contributed by atoms with Crippen LogP contribution in [0.25, 0.3) is 0 Å². The summed E-state index contributed by atoms with van der Waals surface area (Å²) in [5.74, 6) is -0.472. The molecule has 2 aromatic heterocycles. The average Bonchev–Trinajstić information content (AvgIpc) is 3.16. The van der Waals surface area contributed by atoms with E-state index in [4.69, 9.17) is 0 Å². The van der Waals surface area contributed by atoms with E-state index in [1.54, 1.807) is 10.9 Å². The molecule has 28 heavy (non-hydrogen) atoms. The molecule has 8 nitrogen and oxygen atoms in total. The number of halogens is 1. The number of hydrogen-bond donors (Lipinski definition) is 2. The molecule has 0 spiro atoms. The van der Waals surface area contributed by atoms with Crippen LogP contribution < -0.4 is 10.6 Å². The van der Waals surface area contributed by atoms with Gasteiger partial charge in [0.1, 0.15) is 0 Å². The Morgan fingerprint density at radius 1 is 1.21 bits per heavy atom. The number of carbonyl (C=O) groups is 2. The van der Waals surface area contributed by atoms with Crippen molar-refractivity contribution in [1.29, 1.82) is 0 Å². The molecule has 0 saturated heterocycles. The first-order chi connectivity index (χ1) is 13.1. The second-order valence-corrected chi connectivity index (χ2v) is 8.20. The first-order valence-corrected chi connectivity index (χ1v) is 10.3. The number of nitrogens with one attached hydrogen (secondary N) is 2. The lowest BCUT2D eigenvalue weighted by molar-refractivity contribution is -0.119. The average molecular weight is 453 g/mol. The highest BCUT2D eigenvalue weighted by Gasteiger charge is 2.22. The molecule has 0 bridgehead atoms. The summed E-state index contributed by atoms with van der Waals surface area (Å²) in [6.45, 7) is 13.3. The van der Waals surface area contributed by atoms with Crippen LogP contribution in [0, 0.1) is 25.7 Å². The van der Waals surface area contributed by atoms with E-state index in [2.05, 4.69) is 36.8 Å². The summed E-state index contributed by atoms with van der Waals surface area (Å²) < 4.78 is 4.41. The number of nitrogens with zero attached hydrogens (tertiary/aromatic N) is 4. The number of anilines is 1. The quantitative estimate of drug-likeness (QED) is 0.642. The van der Waals surface area contributed by atoms with Crippen molar-refractivity contribution in [3.05, 3.63) is 27.8 Å². The molecule has 0 radical (unpaired) electrons. The Morgan fingerprint density at radius 3 is 2.43 bits per heavy atom. The van der Waals surface area contributed by atoms with Gasteiger partial charge in [0.05, 0.1) is 28.3 Å². The fourth-order valence-corrected chi connectivity index (χ4v) is 2.96. The van der Waals surface area contributed by atoms with Gasteiger partial charge in [-0.3, -0.25) is 19.0 Å². The largest absolute Gasteiger partial charge is 0.350 e. The molecule has 1 atom stereocenters. The van der Waals surface area contributed by atoms with Crippen LogP contribution in [0.2, 0.25) is 0 Å². The van der Waals surface area contributed by atoms with Gasteiger partial charge in [-0.25, -0.2) is 0 Å². The first kappa shape index (κ1) is 22.1. The molecule has 0 fully saturated rings. The van der Waals surface area contributed by atoms with Crippen LogP contribution in [-0.4, -0.2) is 37.9 Å². The summed E-state index contributed by atoms with van der Waals surface area (Å²) in [5, 5.41) is 14.5. The molecule has 2 N–H and O–H groups in total. The van der Waals surface area contributed by atoms with E-state index in [0.717, 1.165) is 15.9 Å². The third kappa shape index (κ3) is 5.21. The van der Waals surface area contributed by atoms with Crippen molar-refractivity contribution in [3.63, 3.8) is 0 Å². The van der Waals surface area contributed by atoms with Crippen LogP contribution in [0.3, 0.4) is 0 Å². The van der Waals surface area contributed by atoms with E-state index >= 15 is 0 Å². The van der Waals surface area contributed by atoms with Gasteiger partial charge in [-0.15, -0.1) is 0 Å². The zero-order valence-electron chi connectivity index (χ0n) is 17.3. The van der Waals surface area contributed by atoms with E-state index in [0.29, 0.717) is 31.2 Å². The normalized spacial score (nSPS) is 12.3. The molecular weight excluding hydrogens is 424 g/mol. The number of carbonyl (C=O) groups excluding carboxylic acids is 2. The Labute approximate surface area is 174 Å². The first-order valence-electron chi connectivity index (χ1n) is 9.50. The summed E-state index contributed by atoms with van der Waals surface area (Å²) in [6, 6.07) is 0. The number of aromatic nitrogens is 4. The topological polar surface area (TPSA) is 93.8 Å². The SMILES string of the molecule is CCn1cc(NC(=O)C(C)Cn2nc(C)c(Br)c2C)c(C(=O)NCC(C)C)n1. The van der Waals surface area contributed by atoms with E-state index < -0.39 is 0 Å². The molecule has 0 aliphatic rings. The van der Waals surface area contributed by atoms with Gasteiger partial charge in [-0.2, -0.15) is 10.2 Å². The van der Waals surface area contributed by atoms with Crippen molar-refractivity contribution < 1.29 is 9.59 Å². The van der Waals surface area contributed by atoms with E-state index in [-0.39, 0.29) is 23.4 Å². The summed E-state index contributed by atoms with van der Waals surface area (Å²) in [7, 11) is 0. The highest BCUT2D eigenvalue weighted by Crippen LogP contribution is 2.21. The van der Waals surface area contributed by atoms with Crippen LogP contribution in [0.5, 0.6) is 0 Å². The fraction of sp³-hybridized carbons (Fsp3) is 0.579. The van der Waals surface area contributed by atoms with E-state index in [1.807, 2.05) is 46.2 Å². The lowest BCUT2D eigenvalue weighted by Gasteiger charge is -2.13. The molecule has 0 aliphatic heterocycles. The third-order valence-electron chi connectivity index (χ3n) is 4.42. The van der Waals surface area contributed by atoms with Gasteiger partial charge in [0.2, 0.25) is 5.91 Å². The van der Waals surface area contributed by atoms with Gasteiger partial charge < -0.3 is 10.6 Å². The molecule has 0 aromatic carbocycles. The van der Waals surface area contributed by atoms with Gasteiger partial charge in [-0.1, -0.05) is 20.8 Å². The van der Waals surface area contributed by atoms with Crippen LogP contribution in [0.15, 0.2) is 10.7 Å². The highest BCUT2D eigenvalue weighted by atomic mass is 79.9. The molecule has 0 aliphatic carbocycles. The van der Waals surface area contributed by atoms with Crippen LogP contribution in [0.1, 0.15) is 49.6 Å². The van der Waals surface area contributed by atoms with Gasteiger partial charge >= 0.3 is 0 Å². The summed E-state index contributed by atoms with van der Waals surface area (Å²) in [4.78, 5) is 25.2.